The number of benzene rings is 2. The number of hydrogen-bond donors (Lipinski definition) is 3. The number of aliphatic hydroxyl groups excluding tert-OH is 1. The van der Waals surface area contributed by atoms with Crippen LogP contribution in [0.15, 0.2) is 42.5 Å². The normalized spacial score (nSPS) is 13.3. The maximum absolute atomic E-state index is 10.4. The van der Waals surface area contributed by atoms with E-state index in [4.69, 9.17) is 9.47 Å². The molecule has 5 heteroatoms. The lowest BCUT2D eigenvalue weighted by Crippen LogP contribution is -2.31. The highest BCUT2D eigenvalue weighted by Crippen LogP contribution is 2.24. The molecule has 0 saturated carbocycles. The lowest BCUT2D eigenvalue weighted by Gasteiger charge is -2.21. The van der Waals surface area contributed by atoms with Gasteiger partial charge >= 0.3 is 0 Å². The number of nitrogens with one attached hydrogen (secondary N) is 1. The molecular weight excluding hydrogens is 318 g/mol. The van der Waals surface area contributed by atoms with Gasteiger partial charge in [-0.2, -0.15) is 0 Å². The predicted molar refractivity (Wildman–Crippen MR) is 98.1 cm³/mol. The van der Waals surface area contributed by atoms with E-state index in [-0.39, 0.29) is 11.8 Å². The third-order valence-corrected chi connectivity index (χ3v) is 3.90. The van der Waals surface area contributed by atoms with E-state index in [0.29, 0.717) is 19.8 Å². The van der Waals surface area contributed by atoms with Crippen LogP contribution in [0.25, 0.3) is 0 Å². The SMILES string of the molecule is CCOc1cc(CN[C@@H](C)[C@H](O)c2ccc(O)cc2)cc(OCC)c1. The monoisotopic (exact) mass is 345 g/mol. The summed E-state index contributed by atoms with van der Waals surface area (Å²) in [7, 11) is 0. The number of hydrogen-bond acceptors (Lipinski definition) is 5. The van der Waals surface area contributed by atoms with Crippen LogP contribution in [0.4, 0.5) is 0 Å². The maximum Gasteiger partial charge on any atom is 0.123 e. The second-order valence-corrected chi connectivity index (χ2v) is 5.88. The highest BCUT2D eigenvalue weighted by molar-refractivity contribution is 5.38. The number of ether oxygens (including phenoxy) is 2. The number of phenols is 1. The van der Waals surface area contributed by atoms with Crippen LogP contribution in [0.5, 0.6) is 17.2 Å². The summed E-state index contributed by atoms with van der Waals surface area (Å²) < 4.78 is 11.2. The molecule has 136 valence electrons. The Labute approximate surface area is 149 Å². The van der Waals surface area contributed by atoms with Crippen molar-refractivity contribution in [3.8, 4) is 17.2 Å². The van der Waals surface area contributed by atoms with E-state index in [1.807, 2.05) is 39.0 Å². The molecule has 25 heavy (non-hydrogen) atoms. The Morgan fingerprint density at radius 2 is 1.52 bits per heavy atom. The Bertz CT molecular complexity index is 633. The summed E-state index contributed by atoms with van der Waals surface area (Å²) in [5, 5.41) is 23.1. The van der Waals surface area contributed by atoms with Gasteiger partial charge in [0.2, 0.25) is 0 Å². The Balaban J connectivity index is 2.02. The standard InChI is InChI=1S/C20H27NO4/c1-4-24-18-10-15(11-19(12-18)25-5-2)13-21-14(3)20(23)16-6-8-17(22)9-7-16/h6-12,14,20-23H,4-5,13H2,1-3H3/t14-,20-/m0/s1. The zero-order chi connectivity index (χ0) is 18.2. The van der Waals surface area contributed by atoms with Gasteiger partial charge in [-0.15, -0.1) is 0 Å². The first-order valence-electron chi connectivity index (χ1n) is 8.63. The fraction of sp³-hybridized carbons (Fsp3) is 0.400. The fourth-order valence-corrected chi connectivity index (χ4v) is 2.58. The summed E-state index contributed by atoms with van der Waals surface area (Å²) in [4.78, 5) is 0. The van der Waals surface area contributed by atoms with Gasteiger partial charge in [-0.3, -0.25) is 0 Å². The Morgan fingerprint density at radius 1 is 0.960 bits per heavy atom. The summed E-state index contributed by atoms with van der Waals surface area (Å²) in [5.74, 6) is 1.74. The molecule has 2 rings (SSSR count). The van der Waals surface area contributed by atoms with Crippen molar-refractivity contribution in [2.24, 2.45) is 0 Å². The largest absolute Gasteiger partial charge is 0.508 e. The molecule has 0 aromatic heterocycles. The van der Waals surface area contributed by atoms with Gasteiger partial charge in [0, 0.05) is 18.7 Å². The lowest BCUT2D eigenvalue weighted by molar-refractivity contribution is 0.135. The van der Waals surface area contributed by atoms with Crippen LogP contribution in [0, 0.1) is 0 Å². The van der Waals surface area contributed by atoms with Crippen molar-refractivity contribution in [3.63, 3.8) is 0 Å². The second-order valence-electron chi connectivity index (χ2n) is 5.88. The van der Waals surface area contributed by atoms with Gasteiger partial charge in [-0.25, -0.2) is 0 Å². The van der Waals surface area contributed by atoms with Crippen LogP contribution in [0.1, 0.15) is 38.0 Å². The first-order chi connectivity index (χ1) is 12.0. The topological polar surface area (TPSA) is 71.0 Å². The molecule has 0 amide bonds. The molecule has 0 radical (unpaired) electrons. The van der Waals surface area contributed by atoms with Gasteiger partial charge in [-0.05, 0) is 56.2 Å². The van der Waals surface area contributed by atoms with E-state index in [9.17, 15) is 10.2 Å². The Hall–Kier alpha value is -2.24. The average molecular weight is 345 g/mol. The average Bonchev–Trinajstić information content (AvgIpc) is 2.60. The summed E-state index contributed by atoms with van der Waals surface area (Å²) in [6.07, 6.45) is -0.665. The smallest absolute Gasteiger partial charge is 0.123 e. The minimum atomic E-state index is -0.665. The van der Waals surface area contributed by atoms with Gasteiger partial charge in [0.25, 0.3) is 0 Å². The van der Waals surface area contributed by atoms with Crippen LogP contribution in [-0.4, -0.2) is 29.5 Å². The second kappa shape index (κ2) is 9.30. The van der Waals surface area contributed by atoms with E-state index in [1.54, 1.807) is 24.3 Å². The molecule has 0 aliphatic heterocycles. The minimum absolute atomic E-state index is 0.157. The zero-order valence-electron chi connectivity index (χ0n) is 15.0. The quantitative estimate of drug-likeness (QED) is 0.650. The minimum Gasteiger partial charge on any atom is -0.508 e. The first-order valence-corrected chi connectivity index (χ1v) is 8.63. The molecule has 0 spiro atoms. The molecule has 0 saturated heterocycles. The van der Waals surface area contributed by atoms with E-state index < -0.39 is 6.10 Å². The molecule has 2 aromatic rings. The molecule has 0 bridgehead atoms. The van der Waals surface area contributed by atoms with Crippen LogP contribution in [0.2, 0.25) is 0 Å². The van der Waals surface area contributed by atoms with Gasteiger partial charge in [-0.1, -0.05) is 12.1 Å². The third-order valence-electron chi connectivity index (χ3n) is 3.90. The molecule has 2 aromatic carbocycles. The maximum atomic E-state index is 10.4. The summed E-state index contributed by atoms with van der Waals surface area (Å²) in [6.45, 7) is 7.59. The van der Waals surface area contributed by atoms with Crippen molar-refractivity contribution >= 4 is 0 Å². The van der Waals surface area contributed by atoms with E-state index in [2.05, 4.69) is 5.32 Å². The van der Waals surface area contributed by atoms with Crippen molar-refractivity contribution in [2.45, 2.75) is 39.5 Å². The van der Waals surface area contributed by atoms with Crippen LogP contribution >= 0.6 is 0 Å². The molecule has 0 unspecified atom stereocenters. The first kappa shape index (κ1) is 19.1. The number of aromatic hydroxyl groups is 1. The van der Waals surface area contributed by atoms with Gasteiger partial charge in [0.15, 0.2) is 0 Å². The zero-order valence-corrected chi connectivity index (χ0v) is 15.0. The van der Waals surface area contributed by atoms with Crippen molar-refractivity contribution in [2.75, 3.05) is 13.2 Å². The molecule has 0 aliphatic rings. The third kappa shape index (κ3) is 5.66. The molecule has 0 heterocycles. The Kier molecular flexibility index (Phi) is 7.10. The summed E-state index contributed by atoms with van der Waals surface area (Å²) in [6, 6.07) is 12.3. The molecule has 0 fully saturated rings. The fourth-order valence-electron chi connectivity index (χ4n) is 2.58. The molecule has 2 atom stereocenters. The van der Waals surface area contributed by atoms with Crippen LogP contribution in [0.3, 0.4) is 0 Å². The number of rotatable bonds is 9. The van der Waals surface area contributed by atoms with Crippen molar-refractivity contribution in [1.82, 2.24) is 5.32 Å². The van der Waals surface area contributed by atoms with E-state index in [0.717, 1.165) is 22.6 Å². The van der Waals surface area contributed by atoms with Gasteiger partial charge < -0.3 is 25.0 Å². The highest BCUT2D eigenvalue weighted by atomic mass is 16.5. The number of phenolic OH excluding ortho intramolecular Hbond substituents is 1. The lowest BCUT2D eigenvalue weighted by atomic mass is 10.0. The summed E-state index contributed by atoms with van der Waals surface area (Å²) in [5.41, 5.74) is 1.79. The number of aliphatic hydroxyl groups is 1. The molecule has 3 N–H and O–H groups in total. The van der Waals surface area contributed by atoms with Gasteiger partial charge in [0.05, 0.1) is 19.3 Å². The van der Waals surface area contributed by atoms with Crippen molar-refractivity contribution in [3.05, 3.63) is 53.6 Å². The van der Waals surface area contributed by atoms with Crippen LogP contribution < -0.4 is 14.8 Å². The van der Waals surface area contributed by atoms with Crippen molar-refractivity contribution < 1.29 is 19.7 Å². The molecule has 5 nitrogen and oxygen atoms in total. The molecule has 0 aliphatic carbocycles. The van der Waals surface area contributed by atoms with Crippen LogP contribution in [-0.2, 0) is 6.54 Å². The predicted octanol–water partition coefficient (Wildman–Crippen LogP) is 3.40. The highest BCUT2D eigenvalue weighted by Gasteiger charge is 2.16. The Morgan fingerprint density at radius 3 is 2.04 bits per heavy atom. The van der Waals surface area contributed by atoms with Crippen molar-refractivity contribution in [1.29, 1.82) is 0 Å². The summed E-state index contributed by atoms with van der Waals surface area (Å²) >= 11 is 0. The molecular formula is C20H27NO4. The van der Waals surface area contributed by atoms with E-state index in [1.165, 1.54) is 0 Å². The van der Waals surface area contributed by atoms with E-state index >= 15 is 0 Å². The van der Waals surface area contributed by atoms with Gasteiger partial charge in [0.1, 0.15) is 17.2 Å².